The van der Waals surface area contributed by atoms with Crippen LogP contribution >= 0.6 is 11.8 Å². The fourth-order valence-corrected chi connectivity index (χ4v) is 5.54. The molecule has 1 heterocycles. The minimum Gasteiger partial charge on any atom is -0.325 e. The number of thioether (sulfide) groups is 1. The molecule has 1 aliphatic heterocycles. The summed E-state index contributed by atoms with van der Waals surface area (Å²) in [6.45, 7) is 0.287. The van der Waals surface area contributed by atoms with Gasteiger partial charge >= 0.3 is 6.18 Å². The van der Waals surface area contributed by atoms with Gasteiger partial charge in [-0.05, 0) is 49.2 Å². The van der Waals surface area contributed by atoms with Crippen LogP contribution in [0.4, 0.5) is 18.9 Å². The molecule has 1 aliphatic rings. The first-order chi connectivity index (χ1) is 15.1. The predicted molar refractivity (Wildman–Crippen MR) is 114 cm³/mol. The van der Waals surface area contributed by atoms with E-state index in [0.717, 1.165) is 0 Å². The van der Waals surface area contributed by atoms with E-state index in [2.05, 4.69) is 5.32 Å². The number of sulfonamides is 1. The lowest BCUT2D eigenvalue weighted by Crippen LogP contribution is -2.41. The van der Waals surface area contributed by atoms with Crippen LogP contribution < -0.4 is 5.32 Å². The topological polar surface area (TPSA) is 90.3 Å². The van der Waals surface area contributed by atoms with Crippen LogP contribution in [0.1, 0.15) is 18.4 Å². The molecular weight excluding hydrogens is 463 g/mol. The molecule has 0 aromatic heterocycles. The zero-order chi connectivity index (χ0) is 23.4. The van der Waals surface area contributed by atoms with E-state index in [1.807, 2.05) is 6.07 Å². The fourth-order valence-electron chi connectivity index (χ4n) is 3.30. The number of piperidine rings is 1. The molecule has 0 bridgehead atoms. The summed E-state index contributed by atoms with van der Waals surface area (Å²) in [5.41, 5.74) is 0.660. The van der Waals surface area contributed by atoms with Crippen molar-refractivity contribution < 1.29 is 26.4 Å². The monoisotopic (exact) mass is 483 g/mol. The van der Waals surface area contributed by atoms with Crippen molar-refractivity contribution in [2.24, 2.45) is 5.92 Å². The van der Waals surface area contributed by atoms with E-state index in [0.29, 0.717) is 40.7 Å². The number of anilines is 1. The molecule has 170 valence electrons. The van der Waals surface area contributed by atoms with E-state index in [1.165, 1.54) is 34.6 Å². The van der Waals surface area contributed by atoms with Crippen LogP contribution in [0.15, 0.2) is 58.3 Å². The number of rotatable bonds is 6. The molecule has 3 rings (SSSR count). The number of amides is 1. The average molecular weight is 484 g/mol. The van der Waals surface area contributed by atoms with Crippen LogP contribution in [0, 0.1) is 17.2 Å². The van der Waals surface area contributed by atoms with E-state index >= 15 is 0 Å². The summed E-state index contributed by atoms with van der Waals surface area (Å²) in [6, 6.07) is 13.8. The van der Waals surface area contributed by atoms with Crippen molar-refractivity contribution in [1.82, 2.24) is 4.31 Å². The number of hydrogen-bond acceptors (Lipinski definition) is 5. The summed E-state index contributed by atoms with van der Waals surface area (Å²) >= 11 is 0.599. The Morgan fingerprint density at radius 3 is 2.34 bits per heavy atom. The third kappa shape index (κ3) is 6.03. The highest BCUT2D eigenvalue weighted by Gasteiger charge is 2.32. The molecule has 0 atom stereocenters. The Labute approximate surface area is 188 Å². The largest absolute Gasteiger partial charge is 0.398 e. The maximum Gasteiger partial charge on any atom is 0.398 e. The van der Waals surface area contributed by atoms with Gasteiger partial charge in [0.2, 0.25) is 15.9 Å². The lowest BCUT2D eigenvalue weighted by Gasteiger charge is -2.30. The number of nitrogens with zero attached hydrogens (tertiary/aromatic N) is 2. The SMILES string of the molecule is N#Cc1ccc(S(=O)(=O)N2CCC(C(=O)Nc3ccccc3SCC(F)(F)F)CC2)cc1. The number of nitrogens with one attached hydrogen (secondary N) is 1. The van der Waals surface area contributed by atoms with E-state index in [9.17, 15) is 26.4 Å². The molecule has 1 N–H and O–H groups in total. The van der Waals surface area contributed by atoms with Crippen molar-refractivity contribution in [3.8, 4) is 6.07 Å². The quantitative estimate of drug-likeness (QED) is 0.621. The number of hydrogen-bond donors (Lipinski definition) is 1. The van der Waals surface area contributed by atoms with Gasteiger partial charge in [0.05, 0.1) is 28.0 Å². The van der Waals surface area contributed by atoms with E-state index in [4.69, 9.17) is 5.26 Å². The van der Waals surface area contributed by atoms with Gasteiger partial charge in [-0.1, -0.05) is 12.1 Å². The second-order valence-electron chi connectivity index (χ2n) is 7.20. The number of benzene rings is 2. The predicted octanol–water partition coefficient (Wildman–Crippen LogP) is 4.25. The van der Waals surface area contributed by atoms with Crippen molar-refractivity contribution in [3.63, 3.8) is 0 Å². The van der Waals surface area contributed by atoms with Crippen LogP contribution in [0.3, 0.4) is 0 Å². The van der Waals surface area contributed by atoms with Gasteiger partial charge in [-0.25, -0.2) is 8.42 Å². The summed E-state index contributed by atoms with van der Waals surface area (Å²) < 4.78 is 64.5. The summed E-state index contributed by atoms with van der Waals surface area (Å²) in [5.74, 6) is -1.87. The minimum absolute atomic E-state index is 0.0787. The van der Waals surface area contributed by atoms with Crippen molar-refractivity contribution in [2.75, 3.05) is 24.2 Å². The summed E-state index contributed by atoms with van der Waals surface area (Å²) in [6.07, 6.45) is -3.74. The lowest BCUT2D eigenvalue weighted by atomic mass is 9.97. The van der Waals surface area contributed by atoms with Crippen molar-refractivity contribution >= 4 is 33.4 Å². The Kier molecular flexibility index (Phi) is 7.48. The number of carbonyl (C=O) groups is 1. The highest BCUT2D eigenvalue weighted by molar-refractivity contribution is 7.99. The second-order valence-corrected chi connectivity index (χ2v) is 10.2. The number of carbonyl (C=O) groups excluding carboxylic acids is 1. The van der Waals surface area contributed by atoms with Crippen molar-refractivity contribution in [1.29, 1.82) is 5.26 Å². The first-order valence-corrected chi connectivity index (χ1v) is 12.1. The molecular formula is C21H20F3N3O3S2. The Balaban J connectivity index is 1.61. The molecule has 1 saturated heterocycles. The molecule has 32 heavy (non-hydrogen) atoms. The zero-order valence-corrected chi connectivity index (χ0v) is 18.4. The van der Waals surface area contributed by atoms with Crippen LogP contribution in [-0.2, 0) is 14.8 Å². The maximum absolute atomic E-state index is 12.8. The molecule has 0 saturated carbocycles. The zero-order valence-electron chi connectivity index (χ0n) is 16.8. The standard InChI is InChI=1S/C21H20F3N3O3S2/c22-21(23,24)14-31-19-4-2-1-3-18(19)26-20(28)16-9-11-27(12-10-16)32(29,30)17-7-5-15(13-25)6-8-17/h1-8,16H,9-12,14H2,(H,26,28). The molecule has 0 unspecified atom stereocenters. The molecule has 1 fully saturated rings. The van der Waals surface area contributed by atoms with Gasteiger partial charge < -0.3 is 5.32 Å². The Bertz CT molecular complexity index is 1110. The molecule has 0 spiro atoms. The van der Waals surface area contributed by atoms with Crippen LogP contribution in [0.5, 0.6) is 0 Å². The lowest BCUT2D eigenvalue weighted by molar-refractivity contribution is -0.121. The Morgan fingerprint density at radius 1 is 1.12 bits per heavy atom. The average Bonchev–Trinajstić information content (AvgIpc) is 2.78. The summed E-state index contributed by atoms with van der Waals surface area (Å²) in [4.78, 5) is 13.1. The van der Waals surface area contributed by atoms with Gasteiger partial charge in [0, 0.05) is 23.9 Å². The third-order valence-corrected chi connectivity index (χ3v) is 8.03. The van der Waals surface area contributed by atoms with Gasteiger partial charge in [-0.2, -0.15) is 22.7 Å². The van der Waals surface area contributed by atoms with Gasteiger partial charge in [-0.15, -0.1) is 11.8 Å². The highest BCUT2D eigenvalue weighted by atomic mass is 32.2. The van der Waals surface area contributed by atoms with E-state index in [1.54, 1.807) is 18.2 Å². The minimum atomic E-state index is -4.32. The van der Waals surface area contributed by atoms with Gasteiger partial charge in [0.15, 0.2) is 0 Å². The summed E-state index contributed by atoms with van der Waals surface area (Å²) in [5, 5.41) is 11.5. The van der Waals surface area contributed by atoms with Gasteiger partial charge in [-0.3, -0.25) is 4.79 Å². The molecule has 0 radical (unpaired) electrons. The highest BCUT2D eigenvalue weighted by Crippen LogP contribution is 2.33. The second kappa shape index (κ2) is 9.94. The molecule has 6 nitrogen and oxygen atoms in total. The van der Waals surface area contributed by atoms with Crippen LogP contribution in [0.25, 0.3) is 0 Å². The van der Waals surface area contributed by atoms with Crippen LogP contribution in [0.2, 0.25) is 0 Å². The first-order valence-electron chi connectivity index (χ1n) is 9.70. The van der Waals surface area contributed by atoms with E-state index in [-0.39, 0.29) is 23.9 Å². The third-order valence-electron chi connectivity index (χ3n) is 4.98. The number of alkyl halides is 3. The molecule has 1 amide bonds. The normalized spacial score (nSPS) is 15.8. The van der Waals surface area contributed by atoms with Crippen molar-refractivity contribution in [2.45, 2.75) is 28.8 Å². The summed E-state index contributed by atoms with van der Waals surface area (Å²) in [7, 11) is -3.74. The smallest absolute Gasteiger partial charge is 0.325 e. The van der Waals surface area contributed by atoms with Crippen LogP contribution in [-0.4, -0.2) is 43.6 Å². The molecule has 2 aromatic carbocycles. The first kappa shape index (κ1) is 24.1. The van der Waals surface area contributed by atoms with Crippen molar-refractivity contribution in [3.05, 3.63) is 54.1 Å². The molecule has 2 aromatic rings. The van der Waals surface area contributed by atoms with Gasteiger partial charge in [0.1, 0.15) is 0 Å². The maximum atomic E-state index is 12.8. The molecule has 0 aliphatic carbocycles. The molecule has 11 heteroatoms. The van der Waals surface area contributed by atoms with Gasteiger partial charge in [0.25, 0.3) is 0 Å². The fraction of sp³-hybridized carbons (Fsp3) is 0.333. The Hall–Kier alpha value is -2.55. The van der Waals surface area contributed by atoms with E-state index < -0.39 is 27.9 Å². The number of halogens is 3. The number of para-hydroxylation sites is 1. The Morgan fingerprint density at radius 2 is 1.75 bits per heavy atom. The number of nitriles is 1.